The van der Waals surface area contributed by atoms with Crippen LogP contribution in [0.2, 0.25) is 5.02 Å². The van der Waals surface area contributed by atoms with Gasteiger partial charge >= 0.3 is 0 Å². The van der Waals surface area contributed by atoms with E-state index < -0.39 is 0 Å². The molecule has 8 heteroatoms. The minimum Gasteiger partial charge on any atom is -0.491 e. The zero-order chi connectivity index (χ0) is 18.4. The molecule has 0 fully saturated rings. The molecule has 0 spiro atoms. The van der Waals surface area contributed by atoms with Gasteiger partial charge in [0.25, 0.3) is 0 Å². The normalized spacial score (nSPS) is 11.7. The van der Waals surface area contributed by atoms with Crippen LogP contribution in [-0.4, -0.2) is 18.4 Å². The average molecular weight is 446 g/mol. The molecule has 1 aromatic carbocycles. The van der Waals surface area contributed by atoms with Crippen LogP contribution in [-0.2, 0) is 9.59 Å². The molecule has 2 aromatic rings. The summed E-state index contributed by atoms with van der Waals surface area (Å²) in [5.74, 6) is 0.0847. The Balaban J connectivity index is 2.17. The lowest BCUT2D eigenvalue weighted by Gasteiger charge is -2.18. The number of carbonyl (C=O) groups is 2. The number of hydrogen-bond donors (Lipinski definition) is 2. The standard InChI is InChI=1S/C17H18BrClN2O3S/c1-3-24-17-12(18)7-11(19)8-14(17)21-16(23)9-13(20-10(2)22)15-5-4-6-25-15/h4-8,13H,3,9H2,1-2H3,(H,20,22)(H,21,23)/t13-/m1/s1. The molecule has 0 radical (unpaired) electrons. The van der Waals surface area contributed by atoms with Crippen molar-refractivity contribution < 1.29 is 14.3 Å². The van der Waals surface area contributed by atoms with E-state index in [2.05, 4.69) is 26.6 Å². The van der Waals surface area contributed by atoms with Crippen LogP contribution in [0.1, 0.15) is 31.2 Å². The van der Waals surface area contributed by atoms with Crippen molar-refractivity contribution in [2.45, 2.75) is 26.3 Å². The Morgan fingerprint density at radius 3 is 2.76 bits per heavy atom. The lowest BCUT2D eigenvalue weighted by molar-refractivity contribution is -0.120. The van der Waals surface area contributed by atoms with Crippen LogP contribution < -0.4 is 15.4 Å². The Morgan fingerprint density at radius 2 is 2.16 bits per heavy atom. The third-order valence-electron chi connectivity index (χ3n) is 3.22. The third-order valence-corrected chi connectivity index (χ3v) is 5.02. The maximum absolute atomic E-state index is 12.5. The van der Waals surface area contributed by atoms with Gasteiger partial charge in [0.15, 0.2) is 5.75 Å². The van der Waals surface area contributed by atoms with Crippen molar-refractivity contribution in [3.8, 4) is 5.75 Å². The smallest absolute Gasteiger partial charge is 0.226 e. The topological polar surface area (TPSA) is 67.4 Å². The molecule has 134 valence electrons. The van der Waals surface area contributed by atoms with Gasteiger partial charge in [-0.1, -0.05) is 17.7 Å². The molecule has 2 amide bonds. The molecular formula is C17H18BrClN2O3S. The summed E-state index contributed by atoms with van der Waals surface area (Å²) in [6, 6.07) is 6.73. The van der Waals surface area contributed by atoms with Crippen molar-refractivity contribution in [2.75, 3.05) is 11.9 Å². The maximum atomic E-state index is 12.5. The molecule has 2 rings (SSSR count). The first-order valence-corrected chi connectivity index (χ1v) is 9.68. The molecule has 0 unspecified atom stereocenters. The van der Waals surface area contributed by atoms with E-state index in [0.29, 0.717) is 27.5 Å². The van der Waals surface area contributed by atoms with Crippen LogP contribution in [0.25, 0.3) is 0 Å². The molecule has 0 aliphatic rings. The summed E-state index contributed by atoms with van der Waals surface area (Å²) in [5.41, 5.74) is 0.485. The number of rotatable bonds is 7. The highest BCUT2D eigenvalue weighted by Crippen LogP contribution is 2.37. The number of nitrogens with one attached hydrogen (secondary N) is 2. The quantitative estimate of drug-likeness (QED) is 0.645. The maximum Gasteiger partial charge on any atom is 0.226 e. The second kappa shape index (κ2) is 9.22. The molecule has 1 atom stereocenters. The van der Waals surface area contributed by atoms with Gasteiger partial charge in [0.1, 0.15) is 0 Å². The molecule has 0 bridgehead atoms. The highest BCUT2D eigenvalue weighted by atomic mass is 79.9. The number of thiophene rings is 1. The number of amides is 2. The molecule has 1 aromatic heterocycles. The van der Waals surface area contributed by atoms with Gasteiger partial charge in [0.2, 0.25) is 11.8 Å². The molecule has 0 aliphatic heterocycles. The molecule has 5 nitrogen and oxygen atoms in total. The highest BCUT2D eigenvalue weighted by molar-refractivity contribution is 9.10. The van der Waals surface area contributed by atoms with Gasteiger partial charge in [-0.2, -0.15) is 0 Å². The SMILES string of the molecule is CCOc1c(Br)cc(Cl)cc1NC(=O)C[C@@H](NC(C)=O)c1cccs1. The van der Waals surface area contributed by atoms with Crippen molar-refractivity contribution in [3.05, 3.63) is 44.0 Å². The summed E-state index contributed by atoms with van der Waals surface area (Å²) in [4.78, 5) is 24.9. The van der Waals surface area contributed by atoms with Gasteiger partial charge in [0, 0.05) is 16.8 Å². The van der Waals surface area contributed by atoms with Crippen molar-refractivity contribution in [1.29, 1.82) is 0 Å². The van der Waals surface area contributed by atoms with Crippen LogP contribution in [0.4, 0.5) is 5.69 Å². The lowest BCUT2D eigenvalue weighted by atomic mass is 10.1. The first kappa shape index (κ1) is 19.8. The highest BCUT2D eigenvalue weighted by Gasteiger charge is 2.20. The lowest BCUT2D eigenvalue weighted by Crippen LogP contribution is -2.29. The van der Waals surface area contributed by atoms with E-state index in [1.807, 2.05) is 24.4 Å². The molecule has 2 N–H and O–H groups in total. The Morgan fingerprint density at radius 1 is 1.40 bits per heavy atom. The Labute approximate surface area is 163 Å². The van der Waals surface area contributed by atoms with E-state index in [1.165, 1.54) is 18.3 Å². The second-order valence-electron chi connectivity index (χ2n) is 5.22. The van der Waals surface area contributed by atoms with Crippen molar-refractivity contribution in [3.63, 3.8) is 0 Å². The first-order chi connectivity index (χ1) is 11.9. The average Bonchev–Trinajstić information content (AvgIpc) is 3.04. The van der Waals surface area contributed by atoms with Crippen LogP contribution >= 0.6 is 38.9 Å². The number of anilines is 1. The van der Waals surface area contributed by atoms with E-state index >= 15 is 0 Å². The van der Waals surface area contributed by atoms with Crippen LogP contribution in [0, 0.1) is 0 Å². The Hall–Kier alpha value is -1.57. The molecule has 1 heterocycles. The van der Waals surface area contributed by atoms with Gasteiger partial charge in [-0.3, -0.25) is 9.59 Å². The largest absolute Gasteiger partial charge is 0.491 e. The van der Waals surface area contributed by atoms with Crippen LogP contribution in [0.3, 0.4) is 0 Å². The zero-order valence-corrected chi connectivity index (χ0v) is 16.9. The fourth-order valence-corrected chi connectivity index (χ4v) is 3.99. The van der Waals surface area contributed by atoms with E-state index in [9.17, 15) is 9.59 Å². The van der Waals surface area contributed by atoms with Gasteiger partial charge in [0.05, 0.1) is 29.2 Å². The fourth-order valence-electron chi connectivity index (χ4n) is 2.29. The molecule has 0 aliphatic carbocycles. The minimum absolute atomic E-state index is 0.107. The van der Waals surface area contributed by atoms with Gasteiger partial charge < -0.3 is 15.4 Å². The van der Waals surface area contributed by atoms with Crippen molar-refractivity contribution in [2.24, 2.45) is 0 Å². The number of carbonyl (C=O) groups excluding carboxylic acids is 2. The zero-order valence-electron chi connectivity index (χ0n) is 13.8. The van der Waals surface area contributed by atoms with E-state index in [1.54, 1.807) is 12.1 Å². The second-order valence-corrected chi connectivity index (χ2v) is 7.49. The van der Waals surface area contributed by atoms with Crippen molar-refractivity contribution >= 4 is 56.4 Å². The molecule has 25 heavy (non-hydrogen) atoms. The van der Waals surface area contributed by atoms with Crippen LogP contribution in [0.15, 0.2) is 34.1 Å². The fraction of sp³-hybridized carbons (Fsp3) is 0.294. The third kappa shape index (κ3) is 5.73. The predicted octanol–water partition coefficient (Wildman–Crippen LogP) is 4.77. The summed E-state index contributed by atoms with van der Waals surface area (Å²) in [6.07, 6.45) is 0.107. The number of halogens is 2. The summed E-state index contributed by atoms with van der Waals surface area (Å²) < 4.78 is 6.24. The number of ether oxygens (including phenoxy) is 1. The summed E-state index contributed by atoms with van der Waals surface area (Å²) in [5, 5.41) is 8.00. The van der Waals surface area contributed by atoms with Gasteiger partial charge in [-0.25, -0.2) is 0 Å². The summed E-state index contributed by atoms with van der Waals surface area (Å²) in [6.45, 7) is 3.74. The monoisotopic (exact) mass is 444 g/mol. The van der Waals surface area contributed by atoms with Gasteiger partial charge in [-0.15, -0.1) is 11.3 Å². The van der Waals surface area contributed by atoms with E-state index in [0.717, 1.165) is 4.88 Å². The summed E-state index contributed by atoms with van der Waals surface area (Å²) >= 11 is 10.9. The van der Waals surface area contributed by atoms with Gasteiger partial charge in [-0.05, 0) is 46.4 Å². The molecule has 0 saturated carbocycles. The molecular weight excluding hydrogens is 428 g/mol. The van der Waals surface area contributed by atoms with E-state index in [-0.39, 0.29) is 24.3 Å². The van der Waals surface area contributed by atoms with E-state index in [4.69, 9.17) is 16.3 Å². The van der Waals surface area contributed by atoms with Crippen LogP contribution in [0.5, 0.6) is 5.75 Å². The van der Waals surface area contributed by atoms with Crippen molar-refractivity contribution in [1.82, 2.24) is 5.32 Å². The molecule has 0 saturated heterocycles. The Bertz CT molecular complexity index is 753. The predicted molar refractivity (Wildman–Crippen MR) is 104 cm³/mol. The Kier molecular flexibility index (Phi) is 7.28. The minimum atomic E-state index is -0.379. The number of hydrogen-bond acceptors (Lipinski definition) is 4. The number of benzene rings is 1. The summed E-state index contributed by atoms with van der Waals surface area (Å²) in [7, 11) is 0. The first-order valence-electron chi connectivity index (χ1n) is 7.63.